The fraction of sp³-hybridized carbons (Fsp3) is 0.353. The molecule has 0 bridgehead atoms. The number of ether oxygens (including phenoxy) is 1. The smallest absolute Gasteiger partial charge is 0.336 e. The monoisotopic (exact) mass is 287 g/mol. The number of methoxy groups -OCH3 is 1. The summed E-state index contributed by atoms with van der Waals surface area (Å²) in [5.41, 5.74) is 1.82. The number of amides is 1. The first-order valence-corrected chi connectivity index (χ1v) is 6.78. The predicted octanol–water partition coefficient (Wildman–Crippen LogP) is 2.72. The minimum absolute atomic E-state index is 0.171. The molecule has 4 nitrogen and oxygen atoms in total. The molecule has 0 heterocycles. The normalized spacial score (nSPS) is 13.0. The molecule has 112 valence electrons. The number of hydrogen-bond acceptors (Lipinski definition) is 3. The molecule has 0 spiro atoms. The van der Waals surface area contributed by atoms with Crippen LogP contribution in [0.5, 0.6) is 0 Å². The van der Waals surface area contributed by atoms with Gasteiger partial charge in [0, 0.05) is 5.56 Å². The molecule has 0 fully saturated rings. The summed E-state index contributed by atoms with van der Waals surface area (Å²) in [4.78, 5) is 24.5. The Balaban J connectivity index is 3.14. The summed E-state index contributed by atoms with van der Waals surface area (Å²) in [6.45, 7) is 7.43. The number of esters is 1. The van der Waals surface area contributed by atoms with Crippen molar-refractivity contribution in [3.05, 3.63) is 54.3 Å². The van der Waals surface area contributed by atoms with Gasteiger partial charge in [-0.3, -0.25) is 4.79 Å². The van der Waals surface area contributed by atoms with Crippen LogP contribution in [-0.4, -0.2) is 24.5 Å². The van der Waals surface area contributed by atoms with Gasteiger partial charge in [-0.2, -0.15) is 0 Å². The lowest BCUT2D eigenvalue weighted by Gasteiger charge is -2.30. The zero-order valence-electron chi connectivity index (χ0n) is 12.7. The van der Waals surface area contributed by atoms with Crippen molar-refractivity contribution in [2.24, 2.45) is 5.92 Å². The van der Waals surface area contributed by atoms with Crippen molar-refractivity contribution in [1.29, 1.82) is 0 Å². The maximum Gasteiger partial charge on any atom is 0.336 e. The molecule has 1 unspecified atom stereocenters. The Bertz CT molecular complexity index is 544. The van der Waals surface area contributed by atoms with E-state index in [4.69, 9.17) is 4.74 Å². The van der Waals surface area contributed by atoms with Gasteiger partial charge >= 0.3 is 5.97 Å². The summed E-state index contributed by atoms with van der Waals surface area (Å²) in [7, 11) is 1.29. The van der Waals surface area contributed by atoms with E-state index in [1.165, 1.54) is 13.2 Å². The molecule has 21 heavy (non-hydrogen) atoms. The summed E-state index contributed by atoms with van der Waals surface area (Å²) in [6, 6.07) is 8.72. The van der Waals surface area contributed by atoms with Gasteiger partial charge in [0.1, 0.15) is 0 Å². The van der Waals surface area contributed by atoms with Crippen LogP contribution in [0.3, 0.4) is 0 Å². The van der Waals surface area contributed by atoms with Crippen LogP contribution in [-0.2, 0) is 9.53 Å². The highest BCUT2D eigenvalue weighted by Gasteiger charge is 2.39. The minimum Gasteiger partial charge on any atom is -0.467 e. The minimum atomic E-state index is -1.25. The maximum atomic E-state index is 12.3. The first kappa shape index (κ1) is 16.7. The Hall–Kier alpha value is -2.32. The summed E-state index contributed by atoms with van der Waals surface area (Å²) >= 11 is 0. The SMILES string of the molecule is C=C=CC(CC(C)C)(NC(=O)c1ccccc1)C(=O)OC. The van der Waals surface area contributed by atoms with Gasteiger partial charge in [-0.15, -0.1) is 5.73 Å². The van der Waals surface area contributed by atoms with E-state index in [1.54, 1.807) is 24.3 Å². The lowest BCUT2D eigenvalue weighted by Crippen LogP contribution is -2.54. The topological polar surface area (TPSA) is 55.4 Å². The third kappa shape index (κ3) is 4.33. The molecule has 4 heteroatoms. The summed E-state index contributed by atoms with van der Waals surface area (Å²) < 4.78 is 4.85. The van der Waals surface area contributed by atoms with Crippen molar-refractivity contribution >= 4 is 11.9 Å². The first-order chi connectivity index (χ1) is 9.95. The summed E-state index contributed by atoms with van der Waals surface area (Å²) in [5.74, 6) is -0.699. The van der Waals surface area contributed by atoms with Gasteiger partial charge in [0.15, 0.2) is 5.54 Å². The quantitative estimate of drug-likeness (QED) is 0.646. The molecule has 0 aromatic heterocycles. The average Bonchev–Trinajstić information content (AvgIpc) is 2.46. The van der Waals surface area contributed by atoms with Crippen molar-refractivity contribution < 1.29 is 14.3 Å². The van der Waals surface area contributed by atoms with Gasteiger partial charge in [0.2, 0.25) is 0 Å². The third-order valence-electron chi connectivity index (χ3n) is 3.00. The van der Waals surface area contributed by atoms with E-state index in [1.807, 2.05) is 19.9 Å². The number of hydrogen-bond donors (Lipinski definition) is 1. The van der Waals surface area contributed by atoms with Crippen LogP contribution in [0.2, 0.25) is 0 Å². The van der Waals surface area contributed by atoms with Gasteiger partial charge in [-0.25, -0.2) is 4.79 Å². The van der Waals surface area contributed by atoms with Gasteiger partial charge in [0.25, 0.3) is 5.91 Å². The Labute approximate surface area is 125 Å². The maximum absolute atomic E-state index is 12.3. The first-order valence-electron chi connectivity index (χ1n) is 6.78. The Morgan fingerprint density at radius 2 is 2.00 bits per heavy atom. The Morgan fingerprint density at radius 3 is 2.48 bits per heavy atom. The standard InChI is InChI=1S/C17H21NO3/c1-5-11-17(12-13(2)3,16(20)21-4)18-15(19)14-9-7-6-8-10-14/h6-11,13H,1,12H2,2-4H3,(H,18,19). The van der Waals surface area contributed by atoms with Crippen molar-refractivity contribution in [2.45, 2.75) is 25.8 Å². The molecule has 1 atom stereocenters. The van der Waals surface area contributed by atoms with Crippen LogP contribution >= 0.6 is 0 Å². The number of rotatable bonds is 6. The fourth-order valence-corrected chi connectivity index (χ4v) is 2.20. The molecule has 1 aromatic rings. The molecule has 1 N–H and O–H groups in total. The number of benzene rings is 1. The number of carbonyl (C=O) groups is 2. The molecule has 0 aliphatic heterocycles. The van der Waals surface area contributed by atoms with Gasteiger partial charge in [0.05, 0.1) is 7.11 Å². The fourth-order valence-electron chi connectivity index (χ4n) is 2.20. The van der Waals surface area contributed by atoms with E-state index >= 15 is 0 Å². The van der Waals surface area contributed by atoms with Crippen LogP contribution in [0.25, 0.3) is 0 Å². The molecule has 0 aliphatic rings. The molecule has 1 aromatic carbocycles. The van der Waals surface area contributed by atoms with Gasteiger partial charge in [-0.05, 0) is 30.5 Å². The van der Waals surface area contributed by atoms with Crippen molar-refractivity contribution in [2.75, 3.05) is 7.11 Å². The van der Waals surface area contributed by atoms with E-state index in [0.717, 1.165) is 0 Å². The van der Waals surface area contributed by atoms with Crippen molar-refractivity contribution in [1.82, 2.24) is 5.32 Å². The van der Waals surface area contributed by atoms with Crippen LogP contribution in [0.4, 0.5) is 0 Å². The molecule has 0 saturated carbocycles. The predicted molar refractivity (Wildman–Crippen MR) is 81.8 cm³/mol. The highest BCUT2D eigenvalue weighted by molar-refractivity contribution is 5.98. The largest absolute Gasteiger partial charge is 0.467 e. The highest BCUT2D eigenvalue weighted by atomic mass is 16.5. The zero-order chi connectivity index (χ0) is 15.9. The van der Waals surface area contributed by atoms with Crippen LogP contribution in [0.15, 0.2) is 48.7 Å². The van der Waals surface area contributed by atoms with Gasteiger partial charge in [-0.1, -0.05) is 38.6 Å². The zero-order valence-corrected chi connectivity index (χ0v) is 12.7. The second-order valence-corrected chi connectivity index (χ2v) is 5.23. The highest BCUT2D eigenvalue weighted by Crippen LogP contribution is 2.21. The number of nitrogens with one attached hydrogen (secondary N) is 1. The second-order valence-electron chi connectivity index (χ2n) is 5.23. The van der Waals surface area contributed by atoms with E-state index < -0.39 is 11.5 Å². The lowest BCUT2D eigenvalue weighted by atomic mass is 9.88. The summed E-state index contributed by atoms with van der Waals surface area (Å²) in [6.07, 6.45) is 1.86. The van der Waals surface area contributed by atoms with Crippen molar-refractivity contribution in [3.63, 3.8) is 0 Å². The van der Waals surface area contributed by atoms with E-state index in [-0.39, 0.29) is 11.8 Å². The molecule has 1 rings (SSSR count). The van der Waals surface area contributed by atoms with E-state index in [0.29, 0.717) is 12.0 Å². The third-order valence-corrected chi connectivity index (χ3v) is 3.00. The Kier molecular flexibility index (Phi) is 5.94. The van der Waals surface area contributed by atoms with Crippen LogP contribution in [0.1, 0.15) is 30.6 Å². The molecule has 0 saturated heterocycles. The molecular weight excluding hydrogens is 266 g/mol. The second kappa shape index (κ2) is 7.46. The number of carbonyl (C=O) groups excluding carboxylic acids is 2. The molecule has 0 aliphatic carbocycles. The van der Waals surface area contributed by atoms with E-state index in [2.05, 4.69) is 17.6 Å². The van der Waals surface area contributed by atoms with Crippen LogP contribution in [0, 0.1) is 5.92 Å². The summed E-state index contributed by atoms with van der Waals surface area (Å²) in [5, 5.41) is 2.76. The molecule has 0 radical (unpaired) electrons. The molecule has 1 amide bonds. The Morgan fingerprint density at radius 1 is 1.38 bits per heavy atom. The van der Waals surface area contributed by atoms with E-state index in [9.17, 15) is 9.59 Å². The van der Waals surface area contributed by atoms with Crippen molar-refractivity contribution in [3.8, 4) is 0 Å². The van der Waals surface area contributed by atoms with Crippen LogP contribution < -0.4 is 5.32 Å². The molecular formula is C17H21NO3. The van der Waals surface area contributed by atoms with Gasteiger partial charge < -0.3 is 10.1 Å². The lowest BCUT2D eigenvalue weighted by molar-refractivity contribution is -0.146. The average molecular weight is 287 g/mol.